The normalized spacial score (nSPS) is 15.2. The molecule has 1 fully saturated rings. The Balaban J connectivity index is 1.58. The van der Waals surface area contributed by atoms with Crippen LogP contribution in [0.5, 0.6) is 5.75 Å². The second-order valence-corrected chi connectivity index (χ2v) is 5.25. The molecule has 0 atom stereocenters. The van der Waals surface area contributed by atoms with E-state index >= 15 is 0 Å². The van der Waals surface area contributed by atoms with Crippen LogP contribution in [0, 0.1) is 0 Å². The van der Waals surface area contributed by atoms with Gasteiger partial charge in [0.1, 0.15) is 5.75 Å². The number of hydrogen-bond donors (Lipinski definition) is 0. The first-order valence-corrected chi connectivity index (χ1v) is 7.47. The zero-order valence-electron chi connectivity index (χ0n) is 12.7. The van der Waals surface area contributed by atoms with Gasteiger partial charge in [-0.25, -0.2) is 0 Å². The minimum absolute atomic E-state index is 0.185. The summed E-state index contributed by atoms with van der Waals surface area (Å²) < 4.78 is 10.9. The zero-order valence-corrected chi connectivity index (χ0v) is 12.7. The summed E-state index contributed by atoms with van der Waals surface area (Å²) in [4.78, 5) is 16.0. The van der Waals surface area contributed by atoms with Crippen LogP contribution >= 0.6 is 0 Å². The van der Waals surface area contributed by atoms with Crippen LogP contribution in [0.15, 0.2) is 30.3 Å². The van der Waals surface area contributed by atoms with Crippen molar-refractivity contribution in [2.75, 3.05) is 53.0 Å². The second kappa shape index (κ2) is 8.64. The van der Waals surface area contributed by atoms with Crippen molar-refractivity contribution in [3.63, 3.8) is 0 Å². The fraction of sp³-hybridized carbons (Fsp3) is 0.562. The fourth-order valence-corrected chi connectivity index (χ4v) is 2.26. The summed E-state index contributed by atoms with van der Waals surface area (Å²) in [6.45, 7) is 4.71. The molecule has 5 heteroatoms. The van der Waals surface area contributed by atoms with Crippen molar-refractivity contribution in [1.29, 1.82) is 0 Å². The number of carbonyl (C=O) groups excluding carboxylic acids is 1. The number of likely N-dealkylation sites (N-methyl/N-ethyl adjacent to an activating group) is 1. The number of morpholine rings is 1. The highest BCUT2D eigenvalue weighted by molar-refractivity contribution is 5.78. The number of rotatable bonds is 7. The maximum Gasteiger partial charge on any atom is 0.236 e. The molecule has 0 bridgehead atoms. The third-order valence-corrected chi connectivity index (χ3v) is 3.47. The van der Waals surface area contributed by atoms with E-state index in [1.807, 2.05) is 47.2 Å². The van der Waals surface area contributed by atoms with Crippen molar-refractivity contribution in [3.05, 3.63) is 30.3 Å². The lowest BCUT2D eigenvalue weighted by atomic mass is 10.3. The molecule has 0 spiro atoms. The average molecular weight is 292 g/mol. The van der Waals surface area contributed by atoms with Crippen molar-refractivity contribution >= 4 is 5.91 Å². The molecule has 0 radical (unpaired) electrons. The van der Waals surface area contributed by atoms with Crippen molar-refractivity contribution in [2.24, 2.45) is 0 Å². The lowest BCUT2D eigenvalue weighted by Crippen LogP contribution is -2.45. The quantitative estimate of drug-likeness (QED) is 0.709. The van der Waals surface area contributed by atoms with E-state index in [1.165, 1.54) is 0 Å². The Kier molecular flexibility index (Phi) is 6.50. The Morgan fingerprint density at radius 3 is 2.71 bits per heavy atom. The van der Waals surface area contributed by atoms with E-state index in [9.17, 15) is 4.79 Å². The third-order valence-electron chi connectivity index (χ3n) is 3.47. The van der Waals surface area contributed by atoms with Gasteiger partial charge in [0.05, 0.1) is 26.4 Å². The van der Waals surface area contributed by atoms with Crippen LogP contribution in [0.2, 0.25) is 0 Å². The van der Waals surface area contributed by atoms with Gasteiger partial charge in [-0.1, -0.05) is 18.2 Å². The molecule has 1 heterocycles. The summed E-state index contributed by atoms with van der Waals surface area (Å²) in [7, 11) is 1.97. The third kappa shape index (κ3) is 5.73. The summed E-state index contributed by atoms with van der Waals surface area (Å²) >= 11 is 0. The van der Waals surface area contributed by atoms with E-state index < -0.39 is 0 Å². The number of nitrogens with zero attached hydrogens (tertiary/aromatic N) is 2. The molecule has 5 nitrogen and oxygen atoms in total. The molecule has 116 valence electrons. The van der Waals surface area contributed by atoms with Crippen LogP contribution in [0.1, 0.15) is 6.42 Å². The lowest BCUT2D eigenvalue weighted by Gasteiger charge is -2.28. The maximum absolute atomic E-state index is 12.1. The molecular formula is C16H24N2O3. The number of amides is 1. The molecular weight excluding hydrogens is 268 g/mol. The topological polar surface area (TPSA) is 42.0 Å². The van der Waals surface area contributed by atoms with Gasteiger partial charge in [0, 0.05) is 19.6 Å². The van der Waals surface area contributed by atoms with Gasteiger partial charge in [-0.05, 0) is 25.6 Å². The molecule has 1 aromatic carbocycles. The molecule has 21 heavy (non-hydrogen) atoms. The maximum atomic E-state index is 12.1. The highest BCUT2D eigenvalue weighted by Crippen LogP contribution is 2.08. The summed E-state index contributed by atoms with van der Waals surface area (Å²) in [6.07, 6.45) is 0.905. The Morgan fingerprint density at radius 1 is 1.29 bits per heavy atom. The van der Waals surface area contributed by atoms with Gasteiger partial charge < -0.3 is 14.4 Å². The molecule has 2 rings (SSSR count). The Labute approximate surface area is 126 Å². The first-order valence-electron chi connectivity index (χ1n) is 7.47. The lowest BCUT2D eigenvalue weighted by molar-refractivity contribution is -0.136. The van der Waals surface area contributed by atoms with E-state index in [4.69, 9.17) is 9.47 Å². The van der Waals surface area contributed by atoms with Crippen LogP contribution in [0.25, 0.3) is 0 Å². The molecule has 0 aliphatic carbocycles. The van der Waals surface area contributed by atoms with Gasteiger partial charge in [-0.15, -0.1) is 0 Å². The van der Waals surface area contributed by atoms with Crippen LogP contribution in [-0.2, 0) is 9.53 Å². The number of para-hydroxylation sites is 1. The van der Waals surface area contributed by atoms with Crippen LogP contribution < -0.4 is 4.74 Å². The first-order chi connectivity index (χ1) is 10.3. The second-order valence-electron chi connectivity index (χ2n) is 5.25. The standard InChI is InChI=1S/C16H24N2O3/c1-17(14-16(19)18-9-12-20-13-10-18)8-5-11-21-15-6-3-2-4-7-15/h2-4,6-7H,5,8-14H2,1H3. The van der Waals surface area contributed by atoms with Crippen molar-refractivity contribution in [1.82, 2.24) is 9.80 Å². The summed E-state index contributed by atoms with van der Waals surface area (Å²) in [5.74, 6) is 1.08. The Hall–Kier alpha value is -1.59. The van der Waals surface area contributed by atoms with Crippen molar-refractivity contribution in [2.45, 2.75) is 6.42 Å². The molecule has 1 aliphatic heterocycles. The van der Waals surface area contributed by atoms with E-state index in [-0.39, 0.29) is 5.91 Å². The van der Waals surface area contributed by atoms with Crippen LogP contribution in [0.4, 0.5) is 0 Å². The smallest absolute Gasteiger partial charge is 0.236 e. The minimum Gasteiger partial charge on any atom is -0.494 e. The fourth-order valence-electron chi connectivity index (χ4n) is 2.26. The molecule has 0 saturated carbocycles. The van der Waals surface area contributed by atoms with Gasteiger partial charge in [0.2, 0.25) is 5.91 Å². The van der Waals surface area contributed by atoms with Crippen molar-refractivity contribution in [3.8, 4) is 5.75 Å². The number of hydrogen-bond acceptors (Lipinski definition) is 4. The number of benzene rings is 1. The van der Waals surface area contributed by atoms with Crippen LogP contribution in [-0.4, -0.2) is 68.8 Å². The van der Waals surface area contributed by atoms with Crippen LogP contribution in [0.3, 0.4) is 0 Å². The Bertz CT molecular complexity index is 419. The highest BCUT2D eigenvalue weighted by atomic mass is 16.5. The number of carbonyl (C=O) groups is 1. The molecule has 1 amide bonds. The van der Waals surface area contributed by atoms with E-state index in [0.29, 0.717) is 39.5 Å². The molecule has 1 aromatic rings. The summed E-state index contributed by atoms with van der Waals surface area (Å²) in [5.41, 5.74) is 0. The Morgan fingerprint density at radius 2 is 2.00 bits per heavy atom. The SMILES string of the molecule is CN(CCCOc1ccccc1)CC(=O)N1CCOCC1. The van der Waals surface area contributed by atoms with Gasteiger partial charge in [0.25, 0.3) is 0 Å². The highest BCUT2D eigenvalue weighted by Gasteiger charge is 2.17. The molecule has 0 aromatic heterocycles. The van der Waals surface area contributed by atoms with E-state index in [2.05, 4.69) is 0 Å². The molecule has 1 saturated heterocycles. The van der Waals surface area contributed by atoms with Gasteiger partial charge in [-0.2, -0.15) is 0 Å². The van der Waals surface area contributed by atoms with Crippen molar-refractivity contribution < 1.29 is 14.3 Å². The largest absolute Gasteiger partial charge is 0.494 e. The molecule has 1 aliphatic rings. The monoisotopic (exact) mass is 292 g/mol. The first kappa shape index (κ1) is 15.8. The molecule has 0 unspecified atom stereocenters. The van der Waals surface area contributed by atoms with Gasteiger partial charge in [0.15, 0.2) is 0 Å². The zero-order chi connectivity index (χ0) is 14.9. The predicted molar refractivity (Wildman–Crippen MR) is 81.5 cm³/mol. The van der Waals surface area contributed by atoms with Gasteiger partial charge >= 0.3 is 0 Å². The predicted octanol–water partition coefficient (Wildman–Crippen LogP) is 1.25. The molecule has 0 N–H and O–H groups in total. The van der Waals surface area contributed by atoms with Gasteiger partial charge in [-0.3, -0.25) is 9.69 Å². The minimum atomic E-state index is 0.185. The van der Waals surface area contributed by atoms with E-state index in [1.54, 1.807) is 0 Å². The average Bonchev–Trinajstić information content (AvgIpc) is 2.53. The summed E-state index contributed by atoms with van der Waals surface area (Å²) in [5, 5.41) is 0. The summed E-state index contributed by atoms with van der Waals surface area (Å²) in [6, 6.07) is 9.79. The van der Waals surface area contributed by atoms with E-state index in [0.717, 1.165) is 18.7 Å². The number of ether oxygens (including phenoxy) is 2.